The Kier molecular flexibility index (Phi) is 3.68. The van der Waals surface area contributed by atoms with Gasteiger partial charge >= 0.3 is 5.97 Å². The molecule has 1 aromatic rings. The van der Waals surface area contributed by atoms with Gasteiger partial charge in [-0.3, -0.25) is 4.79 Å². The molecule has 0 saturated heterocycles. The molecule has 0 aliphatic rings. The van der Waals surface area contributed by atoms with E-state index in [9.17, 15) is 13.2 Å². The van der Waals surface area contributed by atoms with Crippen molar-refractivity contribution in [3.05, 3.63) is 18.5 Å². The van der Waals surface area contributed by atoms with Crippen LogP contribution in [0.15, 0.2) is 23.4 Å². The molecule has 16 heavy (non-hydrogen) atoms. The van der Waals surface area contributed by atoms with Gasteiger partial charge in [0.05, 0.1) is 11.0 Å². The Hall–Kier alpha value is -1.38. The number of carbonyl (C=O) groups is 1. The lowest BCUT2D eigenvalue weighted by Gasteiger charge is -2.16. The molecule has 0 amide bonds. The number of carboxylic acid groups (broad SMARTS) is 1. The molecule has 0 aliphatic heterocycles. The lowest BCUT2D eigenvalue weighted by Crippen LogP contribution is -2.47. The zero-order valence-electron chi connectivity index (χ0n) is 8.41. The average molecular weight is 248 g/mol. The van der Waals surface area contributed by atoms with Gasteiger partial charge in [0.2, 0.25) is 10.0 Å². The van der Waals surface area contributed by atoms with Crippen LogP contribution in [0.25, 0.3) is 0 Å². The zero-order valence-corrected chi connectivity index (χ0v) is 9.23. The van der Waals surface area contributed by atoms with E-state index in [1.807, 2.05) is 4.72 Å². The second-order valence-electron chi connectivity index (χ2n) is 3.22. The highest BCUT2D eigenvalue weighted by Crippen LogP contribution is 2.08. The summed E-state index contributed by atoms with van der Waals surface area (Å²) in [7, 11) is -3.93. The van der Waals surface area contributed by atoms with Crippen LogP contribution in [0, 0.1) is 0 Å². The number of hydrogen-bond acceptors (Lipinski definition) is 4. The summed E-state index contributed by atoms with van der Waals surface area (Å²) in [6.45, 7) is 1.19. The van der Waals surface area contributed by atoms with Crippen molar-refractivity contribution in [3.8, 4) is 0 Å². The maximum Gasteiger partial charge on any atom is 0.324 e. The molecule has 1 rings (SSSR count). The molecule has 2 atom stereocenters. The first kappa shape index (κ1) is 12.7. The number of nitrogens with one attached hydrogen (secondary N) is 2. The van der Waals surface area contributed by atoms with Crippen LogP contribution in [-0.4, -0.2) is 41.7 Å². The van der Waals surface area contributed by atoms with Gasteiger partial charge in [0, 0.05) is 12.4 Å². The van der Waals surface area contributed by atoms with Crippen LogP contribution in [0.2, 0.25) is 0 Å². The van der Waals surface area contributed by atoms with E-state index in [0.717, 1.165) is 0 Å². The molecule has 1 aromatic heterocycles. The number of hydrogen-bond donors (Lipinski definition) is 4. The number of sulfonamides is 1. The topological polar surface area (TPSA) is 119 Å². The van der Waals surface area contributed by atoms with Gasteiger partial charge in [0.15, 0.2) is 0 Å². The summed E-state index contributed by atoms with van der Waals surface area (Å²) >= 11 is 0. The summed E-state index contributed by atoms with van der Waals surface area (Å²) in [5.41, 5.74) is 0. The predicted molar refractivity (Wildman–Crippen MR) is 54.2 cm³/mol. The fourth-order valence-electron chi connectivity index (χ4n) is 1.07. The summed E-state index contributed by atoms with van der Waals surface area (Å²) < 4.78 is 25.1. The number of H-pyrrole nitrogens is 1. The summed E-state index contributed by atoms with van der Waals surface area (Å²) in [6, 6.07) is -0.289. The second kappa shape index (κ2) is 4.64. The van der Waals surface area contributed by atoms with E-state index in [4.69, 9.17) is 10.2 Å². The van der Waals surface area contributed by atoms with Crippen LogP contribution in [0.5, 0.6) is 0 Å². The molecule has 4 N–H and O–H groups in total. The summed E-state index contributed by atoms with van der Waals surface area (Å²) in [5, 5.41) is 17.8. The number of carboxylic acids is 1. The lowest BCUT2D eigenvalue weighted by atomic mass is 10.2. The van der Waals surface area contributed by atoms with Gasteiger partial charge in [-0.2, -0.15) is 4.72 Å². The Bertz CT molecular complexity index is 451. The standard InChI is InChI=1S/C8H12N2O5S/c1-5(11)7(8(12)13)10-16(14,15)6-2-3-9-4-6/h2-5,7,9-11H,1H3,(H,12,13)/t5-,7+/m1/s1. The van der Waals surface area contributed by atoms with Crippen molar-refractivity contribution < 1.29 is 23.4 Å². The third-order valence-corrected chi connectivity index (χ3v) is 3.35. The fourth-order valence-corrected chi connectivity index (χ4v) is 2.30. The van der Waals surface area contributed by atoms with Crippen LogP contribution in [-0.2, 0) is 14.8 Å². The van der Waals surface area contributed by atoms with Gasteiger partial charge in [0.25, 0.3) is 0 Å². The van der Waals surface area contributed by atoms with Crippen molar-refractivity contribution >= 4 is 16.0 Å². The first-order valence-corrected chi connectivity index (χ1v) is 5.89. The first-order chi connectivity index (χ1) is 7.34. The summed E-state index contributed by atoms with van der Waals surface area (Å²) in [5.74, 6) is -1.44. The molecular weight excluding hydrogens is 236 g/mol. The molecular formula is C8H12N2O5S. The first-order valence-electron chi connectivity index (χ1n) is 4.40. The minimum Gasteiger partial charge on any atom is -0.480 e. The van der Waals surface area contributed by atoms with E-state index in [1.54, 1.807) is 0 Å². The molecule has 0 radical (unpaired) electrons. The lowest BCUT2D eigenvalue weighted by molar-refractivity contribution is -0.141. The zero-order chi connectivity index (χ0) is 12.3. The molecule has 7 nitrogen and oxygen atoms in total. The molecule has 0 aliphatic carbocycles. The third kappa shape index (κ3) is 2.81. The minimum absolute atomic E-state index is 0.0839. The maximum atomic E-state index is 11.6. The van der Waals surface area contributed by atoms with Gasteiger partial charge < -0.3 is 15.2 Å². The number of rotatable bonds is 5. The molecule has 1 heterocycles. The summed E-state index contributed by atoms with van der Waals surface area (Å²) in [6.07, 6.45) is 1.28. The van der Waals surface area contributed by atoms with Crippen LogP contribution < -0.4 is 4.72 Å². The highest BCUT2D eigenvalue weighted by atomic mass is 32.2. The average Bonchev–Trinajstić information content (AvgIpc) is 2.66. The van der Waals surface area contributed by atoms with Gasteiger partial charge in [-0.1, -0.05) is 0 Å². The molecule has 90 valence electrons. The van der Waals surface area contributed by atoms with Gasteiger partial charge in [-0.25, -0.2) is 8.42 Å². The van der Waals surface area contributed by atoms with Crippen molar-refractivity contribution in [2.45, 2.75) is 24.0 Å². The molecule has 0 aromatic carbocycles. The predicted octanol–water partition coefficient (Wildman–Crippen LogP) is -0.873. The monoisotopic (exact) mass is 248 g/mol. The Morgan fingerprint density at radius 1 is 1.56 bits per heavy atom. The van der Waals surface area contributed by atoms with Crippen LogP contribution >= 0.6 is 0 Å². The molecule has 0 saturated carbocycles. The highest BCUT2D eigenvalue weighted by Gasteiger charge is 2.29. The Morgan fingerprint density at radius 2 is 2.19 bits per heavy atom. The fraction of sp³-hybridized carbons (Fsp3) is 0.375. The van der Waals surface area contributed by atoms with Crippen molar-refractivity contribution in [3.63, 3.8) is 0 Å². The van der Waals surface area contributed by atoms with Gasteiger partial charge in [0.1, 0.15) is 6.04 Å². The van der Waals surface area contributed by atoms with Gasteiger partial charge in [-0.15, -0.1) is 0 Å². The van der Waals surface area contributed by atoms with E-state index in [2.05, 4.69) is 4.98 Å². The normalized spacial score (nSPS) is 15.6. The number of aromatic nitrogens is 1. The third-order valence-electron chi connectivity index (χ3n) is 1.91. The minimum atomic E-state index is -3.93. The molecule has 0 unspecified atom stereocenters. The van der Waals surface area contributed by atoms with Crippen molar-refractivity contribution in [2.75, 3.05) is 0 Å². The Labute approximate surface area is 92.2 Å². The van der Waals surface area contributed by atoms with E-state index < -0.39 is 28.1 Å². The number of aromatic amines is 1. The molecule has 0 fully saturated rings. The van der Waals surface area contributed by atoms with E-state index in [0.29, 0.717) is 0 Å². The maximum absolute atomic E-state index is 11.6. The SMILES string of the molecule is C[C@@H](O)[C@H](NS(=O)(=O)c1cc[nH]c1)C(=O)O. The van der Waals surface area contributed by atoms with Crippen molar-refractivity contribution in [1.82, 2.24) is 9.71 Å². The van der Waals surface area contributed by atoms with E-state index >= 15 is 0 Å². The Morgan fingerprint density at radius 3 is 2.56 bits per heavy atom. The molecule has 0 bridgehead atoms. The van der Waals surface area contributed by atoms with Crippen LogP contribution in [0.4, 0.5) is 0 Å². The molecule has 0 spiro atoms. The summed E-state index contributed by atoms with van der Waals surface area (Å²) in [4.78, 5) is 13.1. The number of aliphatic hydroxyl groups is 1. The van der Waals surface area contributed by atoms with Crippen LogP contribution in [0.1, 0.15) is 6.92 Å². The van der Waals surface area contributed by atoms with Gasteiger partial charge in [-0.05, 0) is 13.0 Å². The number of aliphatic hydroxyl groups excluding tert-OH is 1. The second-order valence-corrected chi connectivity index (χ2v) is 4.94. The van der Waals surface area contributed by atoms with Crippen molar-refractivity contribution in [1.29, 1.82) is 0 Å². The number of aliphatic carboxylic acids is 1. The Balaban J connectivity index is 2.92. The highest BCUT2D eigenvalue weighted by molar-refractivity contribution is 7.89. The van der Waals surface area contributed by atoms with Crippen molar-refractivity contribution in [2.24, 2.45) is 0 Å². The van der Waals surface area contributed by atoms with E-state index in [1.165, 1.54) is 25.4 Å². The largest absolute Gasteiger partial charge is 0.480 e. The van der Waals surface area contributed by atoms with E-state index in [-0.39, 0.29) is 4.90 Å². The molecule has 8 heteroatoms. The smallest absolute Gasteiger partial charge is 0.324 e. The van der Waals surface area contributed by atoms with Crippen LogP contribution in [0.3, 0.4) is 0 Å². The quantitative estimate of drug-likeness (QED) is 0.540.